The van der Waals surface area contributed by atoms with Crippen LogP contribution >= 0.6 is 11.8 Å². The van der Waals surface area contributed by atoms with E-state index < -0.39 is 5.97 Å². The van der Waals surface area contributed by atoms with Crippen LogP contribution in [0.5, 0.6) is 0 Å². The summed E-state index contributed by atoms with van der Waals surface area (Å²) in [5.74, 6) is 1.99. The SMILES string of the molecule is CC(C)(C)C(CC(=O)O)NC(=O)NCC1CCSCC1. The maximum absolute atomic E-state index is 11.9. The Labute approximate surface area is 125 Å². The van der Waals surface area contributed by atoms with Crippen molar-refractivity contribution in [1.82, 2.24) is 10.6 Å². The van der Waals surface area contributed by atoms with E-state index in [0.717, 1.165) is 24.3 Å². The van der Waals surface area contributed by atoms with Gasteiger partial charge in [0.15, 0.2) is 0 Å². The molecule has 0 saturated carbocycles. The molecule has 1 saturated heterocycles. The minimum absolute atomic E-state index is 0.0585. The number of rotatable bonds is 5. The molecule has 1 heterocycles. The van der Waals surface area contributed by atoms with E-state index in [4.69, 9.17) is 5.11 Å². The molecular weight excluding hydrogens is 276 g/mol. The van der Waals surface area contributed by atoms with Gasteiger partial charge in [-0.15, -0.1) is 0 Å². The molecule has 1 unspecified atom stereocenters. The number of hydrogen-bond acceptors (Lipinski definition) is 3. The van der Waals surface area contributed by atoms with Gasteiger partial charge in [0.2, 0.25) is 0 Å². The molecular formula is C14H26N2O3S. The second-order valence-electron chi connectivity index (χ2n) is 6.43. The van der Waals surface area contributed by atoms with Crippen LogP contribution < -0.4 is 10.6 Å². The lowest BCUT2D eigenvalue weighted by molar-refractivity contribution is -0.138. The third-order valence-electron chi connectivity index (χ3n) is 3.62. The monoisotopic (exact) mass is 302 g/mol. The molecule has 20 heavy (non-hydrogen) atoms. The number of carboxylic acids is 1. The molecule has 3 N–H and O–H groups in total. The predicted octanol–water partition coefficient (Wildman–Crippen LogP) is 2.32. The zero-order valence-electron chi connectivity index (χ0n) is 12.6. The van der Waals surface area contributed by atoms with E-state index >= 15 is 0 Å². The minimum Gasteiger partial charge on any atom is -0.481 e. The smallest absolute Gasteiger partial charge is 0.315 e. The van der Waals surface area contributed by atoms with E-state index in [-0.39, 0.29) is 23.9 Å². The Morgan fingerprint density at radius 2 is 1.90 bits per heavy atom. The second-order valence-corrected chi connectivity index (χ2v) is 7.65. The zero-order chi connectivity index (χ0) is 15.2. The molecule has 1 atom stereocenters. The molecule has 2 amide bonds. The number of carboxylic acid groups (broad SMARTS) is 1. The first-order valence-electron chi connectivity index (χ1n) is 7.13. The standard InChI is InChI=1S/C14H26N2O3S/c1-14(2,3)11(8-12(17)18)16-13(19)15-9-10-4-6-20-7-5-10/h10-11H,4-9H2,1-3H3,(H,17,18)(H2,15,16,19). The molecule has 6 heteroatoms. The second kappa shape index (κ2) is 7.76. The van der Waals surface area contributed by atoms with E-state index in [1.807, 2.05) is 32.5 Å². The van der Waals surface area contributed by atoms with E-state index in [0.29, 0.717) is 12.5 Å². The van der Waals surface area contributed by atoms with Gasteiger partial charge in [-0.3, -0.25) is 4.79 Å². The number of nitrogens with one attached hydrogen (secondary N) is 2. The van der Waals surface area contributed by atoms with Crippen LogP contribution in [0.25, 0.3) is 0 Å². The average Bonchev–Trinajstić information content (AvgIpc) is 2.35. The maximum atomic E-state index is 11.9. The van der Waals surface area contributed by atoms with Crippen molar-refractivity contribution >= 4 is 23.8 Å². The fourth-order valence-corrected chi connectivity index (χ4v) is 3.35. The Morgan fingerprint density at radius 1 is 1.30 bits per heavy atom. The van der Waals surface area contributed by atoms with Crippen molar-refractivity contribution < 1.29 is 14.7 Å². The summed E-state index contributed by atoms with van der Waals surface area (Å²) in [6.45, 7) is 6.47. The van der Waals surface area contributed by atoms with Crippen molar-refractivity contribution in [2.75, 3.05) is 18.1 Å². The van der Waals surface area contributed by atoms with E-state index in [1.165, 1.54) is 0 Å². The third-order valence-corrected chi connectivity index (χ3v) is 4.67. The highest BCUT2D eigenvalue weighted by Gasteiger charge is 2.28. The molecule has 0 spiro atoms. The minimum atomic E-state index is -0.894. The molecule has 0 radical (unpaired) electrons. The van der Waals surface area contributed by atoms with Crippen LogP contribution in [0.2, 0.25) is 0 Å². The number of hydrogen-bond donors (Lipinski definition) is 3. The quantitative estimate of drug-likeness (QED) is 0.728. The van der Waals surface area contributed by atoms with Gasteiger partial charge in [-0.2, -0.15) is 11.8 Å². The van der Waals surface area contributed by atoms with Gasteiger partial charge < -0.3 is 15.7 Å². The highest BCUT2D eigenvalue weighted by Crippen LogP contribution is 2.23. The van der Waals surface area contributed by atoms with Gasteiger partial charge >= 0.3 is 12.0 Å². The molecule has 5 nitrogen and oxygen atoms in total. The summed E-state index contributed by atoms with van der Waals surface area (Å²) in [5.41, 5.74) is -0.281. The zero-order valence-corrected chi connectivity index (χ0v) is 13.4. The Bertz CT molecular complexity index is 336. The number of urea groups is 1. The van der Waals surface area contributed by atoms with Crippen molar-refractivity contribution in [3.8, 4) is 0 Å². The Kier molecular flexibility index (Phi) is 6.65. The number of amides is 2. The summed E-state index contributed by atoms with van der Waals surface area (Å²) in [4.78, 5) is 22.8. The van der Waals surface area contributed by atoms with Gasteiger partial charge in [0.25, 0.3) is 0 Å². The van der Waals surface area contributed by atoms with Crippen LogP contribution in [-0.2, 0) is 4.79 Å². The van der Waals surface area contributed by atoms with Crippen LogP contribution in [-0.4, -0.2) is 41.2 Å². The first-order chi connectivity index (χ1) is 9.29. The highest BCUT2D eigenvalue weighted by molar-refractivity contribution is 7.99. The topological polar surface area (TPSA) is 78.4 Å². The van der Waals surface area contributed by atoms with Gasteiger partial charge in [0, 0.05) is 12.6 Å². The summed E-state index contributed by atoms with van der Waals surface area (Å²) in [7, 11) is 0. The van der Waals surface area contributed by atoms with Crippen molar-refractivity contribution in [3.05, 3.63) is 0 Å². The van der Waals surface area contributed by atoms with Crippen LogP contribution in [0.15, 0.2) is 0 Å². The average molecular weight is 302 g/mol. The number of aliphatic carboxylic acids is 1. The summed E-state index contributed by atoms with van der Waals surface area (Å²) >= 11 is 1.96. The Morgan fingerprint density at radius 3 is 2.40 bits per heavy atom. The molecule has 1 fully saturated rings. The normalized spacial score (nSPS) is 18.4. The van der Waals surface area contributed by atoms with E-state index in [9.17, 15) is 9.59 Å². The summed E-state index contributed by atoms with van der Waals surface area (Å²) < 4.78 is 0. The van der Waals surface area contributed by atoms with Gasteiger partial charge in [-0.25, -0.2) is 4.79 Å². The molecule has 0 aromatic heterocycles. The van der Waals surface area contributed by atoms with Gasteiger partial charge in [-0.05, 0) is 35.7 Å². The lowest BCUT2D eigenvalue weighted by atomic mass is 9.85. The lowest BCUT2D eigenvalue weighted by Crippen LogP contribution is -2.49. The number of thioether (sulfide) groups is 1. The first-order valence-corrected chi connectivity index (χ1v) is 8.28. The van der Waals surface area contributed by atoms with Crippen molar-refractivity contribution in [2.24, 2.45) is 11.3 Å². The van der Waals surface area contributed by atoms with Crippen LogP contribution in [0.3, 0.4) is 0 Å². The van der Waals surface area contributed by atoms with Crippen molar-refractivity contribution in [2.45, 2.75) is 46.1 Å². The maximum Gasteiger partial charge on any atom is 0.315 e. The Hall–Kier alpha value is -0.910. The molecule has 0 aromatic carbocycles. The van der Waals surface area contributed by atoms with Crippen LogP contribution in [0.4, 0.5) is 4.79 Å². The summed E-state index contributed by atoms with van der Waals surface area (Å²) in [6.07, 6.45) is 2.22. The molecule has 1 rings (SSSR count). The molecule has 1 aliphatic rings. The predicted molar refractivity (Wildman–Crippen MR) is 82.1 cm³/mol. The summed E-state index contributed by atoms with van der Waals surface area (Å²) in [5, 5.41) is 14.6. The van der Waals surface area contributed by atoms with E-state index in [1.54, 1.807) is 0 Å². The molecule has 0 aromatic rings. The molecule has 1 aliphatic heterocycles. The van der Waals surface area contributed by atoms with Crippen molar-refractivity contribution in [1.29, 1.82) is 0 Å². The third kappa shape index (κ3) is 6.50. The number of carbonyl (C=O) groups is 2. The molecule has 0 aliphatic carbocycles. The van der Waals surface area contributed by atoms with Gasteiger partial charge in [0.05, 0.1) is 6.42 Å². The highest BCUT2D eigenvalue weighted by atomic mass is 32.2. The number of carbonyl (C=O) groups excluding carboxylic acids is 1. The Balaban J connectivity index is 2.39. The largest absolute Gasteiger partial charge is 0.481 e. The molecule has 0 bridgehead atoms. The van der Waals surface area contributed by atoms with Gasteiger partial charge in [0.1, 0.15) is 0 Å². The van der Waals surface area contributed by atoms with Crippen molar-refractivity contribution in [3.63, 3.8) is 0 Å². The fourth-order valence-electron chi connectivity index (χ4n) is 2.15. The van der Waals surface area contributed by atoms with E-state index in [2.05, 4.69) is 10.6 Å². The summed E-state index contributed by atoms with van der Waals surface area (Å²) in [6, 6.07) is -0.633. The van der Waals surface area contributed by atoms with Crippen LogP contribution in [0, 0.1) is 11.3 Å². The van der Waals surface area contributed by atoms with Gasteiger partial charge in [-0.1, -0.05) is 20.8 Å². The lowest BCUT2D eigenvalue weighted by Gasteiger charge is -2.30. The fraction of sp³-hybridized carbons (Fsp3) is 0.857. The first kappa shape index (κ1) is 17.1. The molecule has 116 valence electrons. The van der Waals surface area contributed by atoms with Crippen LogP contribution in [0.1, 0.15) is 40.0 Å².